The van der Waals surface area contributed by atoms with Gasteiger partial charge in [0.15, 0.2) is 0 Å². The summed E-state index contributed by atoms with van der Waals surface area (Å²) in [7, 11) is 1.74. The third-order valence-electron chi connectivity index (χ3n) is 5.04. The predicted molar refractivity (Wildman–Crippen MR) is 130 cm³/mol. The largest absolute Gasteiger partial charge is 0.321 e. The van der Waals surface area contributed by atoms with Crippen LogP contribution in [0.4, 0.5) is 11.4 Å². The number of aromatic nitrogens is 2. The molecule has 0 bridgehead atoms. The van der Waals surface area contributed by atoms with E-state index < -0.39 is 0 Å². The molecule has 7 heteroatoms. The van der Waals surface area contributed by atoms with Gasteiger partial charge in [0.05, 0.1) is 17.1 Å². The molecule has 2 amide bonds. The number of carbonyl (C=O) groups excluding carboxylic acids is 2. The van der Waals surface area contributed by atoms with Crippen LogP contribution in [0.2, 0.25) is 5.15 Å². The molecule has 32 heavy (non-hydrogen) atoms. The summed E-state index contributed by atoms with van der Waals surface area (Å²) in [5.41, 5.74) is 4.12. The van der Waals surface area contributed by atoms with E-state index in [-0.39, 0.29) is 17.2 Å². The van der Waals surface area contributed by atoms with E-state index in [0.29, 0.717) is 27.7 Å². The van der Waals surface area contributed by atoms with Crippen molar-refractivity contribution in [1.82, 2.24) is 9.78 Å². The fraction of sp³-hybridized carbons (Fsp3) is 0.240. The molecule has 0 aliphatic carbocycles. The fourth-order valence-electron chi connectivity index (χ4n) is 3.19. The van der Waals surface area contributed by atoms with Crippen LogP contribution in [0.5, 0.6) is 0 Å². The lowest BCUT2D eigenvalue weighted by Crippen LogP contribution is -2.16. The molecule has 3 aromatic rings. The third-order valence-corrected chi connectivity index (χ3v) is 5.49. The average Bonchev–Trinajstić information content (AvgIpc) is 2.98. The summed E-state index contributed by atoms with van der Waals surface area (Å²) >= 11 is 6.20. The third kappa shape index (κ3) is 5.45. The van der Waals surface area contributed by atoms with Crippen LogP contribution >= 0.6 is 11.6 Å². The number of amides is 2. The molecule has 0 radical (unpaired) electrons. The van der Waals surface area contributed by atoms with Crippen molar-refractivity contribution in [3.8, 4) is 0 Å². The first kappa shape index (κ1) is 23.3. The van der Waals surface area contributed by atoms with Crippen molar-refractivity contribution >= 4 is 40.9 Å². The summed E-state index contributed by atoms with van der Waals surface area (Å²) in [6.07, 6.45) is 3.01. The number of hydrogen-bond donors (Lipinski definition) is 2. The van der Waals surface area contributed by atoms with Gasteiger partial charge < -0.3 is 10.6 Å². The molecule has 1 aromatic heterocycles. The highest BCUT2D eigenvalue weighted by atomic mass is 35.5. The second-order valence-electron chi connectivity index (χ2n) is 8.56. The Morgan fingerprint density at radius 3 is 2.12 bits per heavy atom. The zero-order valence-corrected chi connectivity index (χ0v) is 19.6. The fourth-order valence-corrected chi connectivity index (χ4v) is 3.42. The Labute approximate surface area is 193 Å². The molecule has 0 saturated heterocycles. The molecule has 1 heterocycles. The lowest BCUT2D eigenvalue weighted by Gasteiger charge is -2.19. The normalized spacial score (nSPS) is 11.6. The lowest BCUT2D eigenvalue weighted by molar-refractivity contribution is -0.111. The van der Waals surface area contributed by atoms with E-state index in [2.05, 4.69) is 36.5 Å². The van der Waals surface area contributed by atoms with Gasteiger partial charge >= 0.3 is 0 Å². The first-order valence-corrected chi connectivity index (χ1v) is 10.6. The van der Waals surface area contributed by atoms with E-state index in [9.17, 15) is 9.59 Å². The van der Waals surface area contributed by atoms with Crippen LogP contribution in [0.1, 0.15) is 48.0 Å². The van der Waals surface area contributed by atoms with Gasteiger partial charge in [-0.1, -0.05) is 56.6 Å². The number of halogens is 1. The summed E-state index contributed by atoms with van der Waals surface area (Å²) in [5, 5.41) is 10.4. The Bertz CT molecular complexity index is 1170. The van der Waals surface area contributed by atoms with Gasteiger partial charge in [-0.15, -0.1) is 0 Å². The first-order valence-electron chi connectivity index (χ1n) is 10.3. The highest BCUT2D eigenvalue weighted by Crippen LogP contribution is 2.25. The molecule has 0 aliphatic heterocycles. The second kappa shape index (κ2) is 9.40. The summed E-state index contributed by atoms with van der Waals surface area (Å²) < 4.78 is 1.55. The zero-order valence-electron chi connectivity index (χ0n) is 18.9. The molecule has 3 rings (SSSR count). The topological polar surface area (TPSA) is 76.0 Å². The summed E-state index contributed by atoms with van der Waals surface area (Å²) in [5.74, 6) is -0.596. The predicted octanol–water partition coefficient (Wildman–Crippen LogP) is 5.58. The van der Waals surface area contributed by atoms with E-state index in [1.54, 1.807) is 54.2 Å². The maximum absolute atomic E-state index is 12.7. The van der Waals surface area contributed by atoms with Gasteiger partial charge in [0.25, 0.3) is 5.91 Å². The van der Waals surface area contributed by atoms with Gasteiger partial charge in [-0.3, -0.25) is 14.3 Å². The van der Waals surface area contributed by atoms with Gasteiger partial charge in [-0.25, -0.2) is 0 Å². The summed E-state index contributed by atoms with van der Waals surface area (Å²) in [4.78, 5) is 25.2. The van der Waals surface area contributed by atoms with Crippen LogP contribution in [0.25, 0.3) is 6.08 Å². The van der Waals surface area contributed by atoms with Crippen molar-refractivity contribution in [2.24, 2.45) is 7.05 Å². The number of para-hydroxylation sites is 2. The number of aryl methyl sites for hydroxylation is 2. The van der Waals surface area contributed by atoms with Crippen molar-refractivity contribution < 1.29 is 9.59 Å². The number of anilines is 2. The van der Waals surface area contributed by atoms with E-state index in [1.807, 2.05) is 19.1 Å². The molecule has 2 N–H and O–H groups in total. The van der Waals surface area contributed by atoms with Crippen molar-refractivity contribution in [3.63, 3.8) is 0 Å². The van der Waals surface area contributed by atoms with E-state index in [4.69, 9.17) is 11.6 Å². The monoisotopic (exact) mass is 450 g/mol. The molecule has 166 valence electrons. The van der Waals surface area contributed by atoms with Gasteiger partial charge in [-0.2, -0.15) is 5.10 Å². The summed E-state index contributed by atoms with van der Waals surface area (Å²) in [6, 6.07) is 14.6. The second-order valence-corrected chi connectivity index (χ2v) is 8.92. The van der Waals surface area contributed by atoms with E-state index in [0.717, 1.165) is 11.3 Å². The van der Waals surface area contributed by atoms with Crippen molar-refractivity contribution in [2.45, 2.75) is 33.1 Å². The van der Waals surface area contributed by atoms with Crippen molar-refractivity contribution in [2.75, 3.05) is 10.6 Å². The number of hydrogen-bond acceptors (Lipinski definition) is 3. The molecule has 2 aromatic carbocycles. The minimum absolute atomic E-state index is 0.0119. The Balaban J connectivity index is 1.72. The minimum Gasteiger partial charge on any atom is -0.321 e. The maximum Gasteiger partial charge on any atom is 0.255 e. The van der Waals surface area contributed by atoms with Gasteiger partial charge in [0, 0.05) is 24.3 Å². The first-order chi connectivity index (χ1) is 15.1. The lowest BCUT2D eigenvalue weighted by atomic mass is 9.87. The Kier molecular flexibility index (Phi) is 6.84. The number of rotatable bonds is 5. The molecule has 0 saturated carbocycles. The van der Waals surface area contributed by atoms with Crippen LogP contribution in [0.15, 0.2) is 54.6 Å². The Morgan fingerprint density at radius 1 is 1.00 bits per heavy atom. The van der Waals surface area contributed by atoms with Crippen LogP contribution in [-0.4, -0.2) is 21.6 Å². The molecule has 0 spiro atoms. The van der Waals surface area contributed by atoms with Gasteiger partial charge in [0.1, 0.15) is 5.15 Å². The summed E-state index contributed by atoms with van der Waals surface area (Å²) in [6.45, 7) is 8.19. The zero-order chi connectivity index (χ0) is 23.5. The molecular weight excluding hydrogens is 424 g/mol. The molecule has 0 aliphatic rings. The average molecular weight is 451 g/mol. The Hall–Kier alpha value is -3.38. The van der Waals surface area contributed by atoms with Gasteiger partial charge in [-0.05, 0) is 48.2 Å². The quantitative estimate of drug-likeness (QED) is 0.498. The number of benzene rings is 2. The van der Waals surface area contributed by atoms with Crippen LogP contribution in [0, 0.1) is 6.92 Å². The van der Waals surface area contributed by atoms with Gasteiger partial charge in [0.2, 0.25) is 5.91 Å². The van der Waals surface area contributed by atoms with Crippen LogP contribution in [0.3, 0.4) is 0 Å². The Morgan fingerprint density at radius 2 is 1.59 bits per heavy atom. The number of nitrogens with zero attached hydrogens (tertiary/aromatic N) is 2. The molecule has 6 nitrogen and oxygen atoms in total. The van der Waals surface area contributed by atoms with Crippen molar-refractivity contribution in [1.29, 1.82) is 0 Å². The molecule has 0 unspecified atom stereocenters. The highest BCUT2D eigenvalue weighted by Gasteiger charge is 2.15. The molecular formula is C25H27ClN4O2. The molecule has 0 fully saturated rings. The number of nitrogens with one attached hydrogen (secondary N) is 2. The number of carbonyl (C=O) groups is 2. The van der Waals surface area contributed by atoms with E-state index in [1.165, 1.54) is 6.08 Å². The van der Waals surface area contributed by atoms with Crippen molar-refractivity contribution in [3.05, 3.63) is 82.1 Å². The van der Waals surface area contributed by atoms with Crippen LogP contribution in [-0.2, 0) is 17.3 Å². The van der Waals surface area contributed by atoms with E-state index >= 15 is 0 Å². The smallest absolute Gasteiger partial charge is 0.255 e. The minimum atomic E-state index is -0.347. The maximum atomic E-state index is 12.7. The standard InChI is InChI=1S/C25H27ClN4O2/c1-16-19(23(26)30(5)29-16)14-15-22(31)27-20-8-6-7-9-21(20)28-24(32)17-10-12-18(13-11-17)25(2,3)4/h6-15H,1-5H3,(H,27,31)(H,28,32)/b15-14+. The molecule has 0 atom stereocenters. The van der Waals surface area contributed by atoms with Crippen LogP contribution < -0.4 is 10.6 Å². The highest BCUT2D eigenvalue weighted by molar-refractivity contribution is 6.31. The SMILES string of the molecule is Cc1nn(C)c(Cl)c1/C=C/C(=O)Nc1ccccc1NC(=O)c1ccc(C(C)(C)C)cc1.